The van der Waals surface area contributed by atoms with E-state index < -0.39 is 20.0 Å². The highest BCUT2D eigenvalue weighted by Gasteiger charge is 2.25. The Hall–Kier alpha value is -2.10. The maximum atomic E-state index is 13.3. The molecule has 0 aliphatic carbocycles. The number of sulfonamides is 2. The molecule has 2 aromatic carbocycles. The zero-order valence-corrected chi connectivity index (χ0v) is 20.0. The topological polar surface area (TPSA) is 118 Å². The van der Waals surface area contributed by atoms with Crippen molar-refractivity contribution in [3.8, 4) is 0 Å². The van der Waals surface area contributed by atoms with Gasteiger partial charge in [0.25, 0.3) is 10.0 Å². The van der Waals surface area contributed by atoms with Gasteiger partial charge < -0.3 is 5.32 Å². The Morgan fingerprint density at radius 3 is 1.97 bits per heavy atom. The van der Waals surface area contributed by atoms with Crippen molar-refractivity contribution in [2.75, 3.05) is 16.6 Å². The lowest BCUT2D eigenvalue weighted by Crippen LogP contribution is -2.20. The summed E-state index contributed by atoms with van der Waals surface area (Å²) in [5, 5.41) is 8.34. The first-order chi connectivity index (χ1) is 13.7. The Morgan fingerprint density at radius 2 is 1.50 bits per heavy atom. The lowest BCUT2D eigenvalue weighted by atomic mass is 9.85. The maximum Gasteiger partial charge on any atom is 0.262 e. The van der Waals surface area contributed by atoms with Crippen molar-refractivity contribution in [1.29, 1.82) is 0 Å². The molecule has 0 radical (unpaired) electrons. The molecule has 7 nitrogen and oxygen atoms in total. The van der Waals surface area contributed by atoms with E-state index in [2.05, 4.69) is 30.8 Å². The number of rotatable bonds is 7. The van der Waals surface area contributed by atoms with Gasteiger partial charge in [0.2, 0.25) is 10.0 Å². The van der Waals surface area contributed by atoms with Crippen LogP contribution in [0.3, 0.4) is 0 Å². The molecule has 0 fully saturated rings. The minimum absolute atomic E-state index is 0.119. The molecule has 30 heavy (non-hydrogen) atoms. The number of nitrogens with one attached hydrogen (secondary N) is 2. The second kappa shape index (κ2) is 8.56. The van der Waals surface area contributed by atoms with Crippen molar-refractivity contribution < 1.29 is 16.8 Å². The average Bonchev–Trinajstić information content (AvgIpc) is 2.57. The molecule has 0 saturated carbocycles. The van der Waals surface area contributed by atoms with Crippen LogP contribution in [-0.4, -0.2) is 23.4 Å². The molecule has 0 aliphatic heterocycles. The van der Waals surface area contributed by atoms with E-state index in [0.29, 0.717) is 23.4 Å². The highest BCUT2D eigenvalue weighted by atomic mass is 32.2. The van der Waals surface area contributed by atoms with Crippen molar-refractivity contribution in [2.24, 2.45) is 5.14 Å². The van der Waals surface area contributed by atoms with Gasteiger partial charge in [0.05, 0.1) is 21.2 Å². The highest BCUT2D eigenvalue weighted by molar-refractivity contribution is 7.92. The number of aryl methyl sites for hydroxylation is 2. The van der Waals surface area contributed by atoms with Gasteiger partial charge in [0.15, 0.2) is 0 Å². The van der Waals surface area contributed by atoms with E-state index >= 15 is 0 Å². The van der Waals surface area contributed by atoms with E-state index in [1.165, 1.54) is 18.2 Å². The predicted octanol–water partition coefficient (Wildman–Crippen LogP) is 3.87. The zero-order chi connectivity index (χ0) is 22.9. The first-order valence-electron chi connectivity index (χ1n) is 9.72. The predicted molar refractivity (Wildman–Crippen MR) is 122 cm³/mol. The number of benzene rings is 2. The Kier molecular flexibility index (Phi) is 6.90. The zero-order valence-electron chi connectivity index (χ0n) is 18.3. The van der Waals surface area contributed by atoms with Crippen LogP contribution in [0.5, 0.6) is 0 Å². The Balaban J connectivity index is 2.58. The van der Waals surface area contributed by atoms with Crippen molar-refractivity contribution in [2.45, 2.75) is 63.2 Å². The van der Waals surface area contributed by atoms with Crippen LogP contribution in [0.1, 0.15) is 50.8 Å². The summed E-state index contributed by atoms with van der Waals surface area (Å²) in [6.07, 6.45) is 0.815. The Bertz CT molecular complexity index is 1130. The number of hydrogen-bond donors (Lipinski definition) is 3. The van der Waals surface area contributed by atoms with Crippen molar-refractivity contribution in [1.82, 2.24) is 0 Å². The van der Waals surface area contributed by atoms with E-state index in [1.807, 2.05) is 19.1 Å². The summed E-state index contributed by atoms with van der Waals surface area (Å²) in [5.74, 6) is 0. The largest absolute Gasteiger partial charge is 0.383 e. The van der Waals surface area contributed by atoms with Crippen molar-refractivity contribution >= 4 is 31.4 Å². The van der Waals surface area contributed by atoms with Gasteiger partial charge in [-0.25, -0.2) is 22.0 Å². The average molecular weight is 454 g/mol. The standard InChI is InChI=1S/C21H31N3O4S2/c1-7-10-23-18-9-8-17(29(22,25)26)13-19(18)24-30(27,28)20-14(2)11-16(12-15(20)3)21(4,5)6/h8-9,11-13,23-24H,7,10H2,1-6H3,(H2,22,25,26). The molecule has 0 unspecified atom stereocenters. The van der Waals surface area contributed by atoms with Gasteiger partial charge in [-0.15, -0.1) is 0 Å². The molecule has 0 amide bonds. The molecular formula is C21H31N3O4S2. The monoisotopic (exact) mass is 453 g/mol. The third-order valence-electron chi connectivity index (χ3n) is 4.72. The van der Waals surface area contributed by atoms with E-state index in [0.717, 1.165) is 12.0 Å². The fourth-order valence-corrected chi connectivity index (χ4v) is 5.27. The maximum absolute atomic E-state index is 13.3. The first-order valence-corrected chi connectivity index (χ1v) is 12.7. The summed E-state index contributed by atoms with van der Waals surface area (Å²) in [5.41, 5.74) is 2.78. The molecule has 2 rings (SSSR count). The van der Waals surface area contributed by atoms with E-state index in [1.54, 1.807) is 13.8 Å². The van der Waals surface area contributed by atoms with Gasteiger partial charge in [-0.05, 0) is 60.6 Å². The summed E-state index contributed by atoms with van der Waals surface area (Å²) < 4.78 is 52.6. The van der Waals surface area contributed by atoms with Crippen LogP contribution in [0.4, 0.5) is 11.4 Å². The van der Waals surface area contributed by atoms with Crippen LogP contribution in [0.15, 0.2) is 40.1 Å². The molecule has 9 heteroatoms. The van der Waals surface area contributed by atoms with Crippen LogP contribution >= 0.6 is 0 Å². The highest BCUT2D eigenvalue weighted by Crippen LogP contribution is 2.32. The summed E-state index contributed by atoms with van der Waals surface area (Å²) in [7, 11) is -7.96. The molecule has 0 spiro atoms. The van der Waals surface area contributed by atoms with Gasteiger partial charge in [0.1, 0.15) is 0 Å². The fraction of sp³-hybridized carbons (Fsp3) is 0.429. The summed E-state index contributed by atoms with van der Waals surface area (Å²) in [6, 6.07) is 7.84. The van der Waals surface area contributed by atoms with E-state index in [9.17, 15) is 16.8 Å². The van der Waals surface area contributed by atoms with Crippen molar-refractivity contribution in [3.63, 3.8) is 0 Å². The van der Waals surface area contributed by atoms with Crippen LogP contribution in [-0.2, 0) is 25.5 Å². The molecule has 0 aliphatic rings. The molecule has 0 heterocycles. The minimum Gasteiger partial charge on any atom is -0.383 e. The second-order valence-corrected chi connectivity index (χ2v) is 11.7. The third-order valence-corrected chi connectivity index (χ3v) is 7.31. The SMILES string of the molecule is CCCNc1ccc(S(N)(=O)=O)cc1NS(=O)(=O)c1c(C)cc(C(C)(C)C)cc1C. The molecule has 0 atom stereocenters. The number of nitrogens with two attached hydrogens (primary N) is 1. The molecule has 0 saturated heterocycles. The Labute approximate surface area is 180 Å². The molecule has 0 bridgehead atoms. The Morgan fingerprint density at radius 1 is 0.933 bits per heavy atom. The minimum atomic E-state index is -3.98. The molecule has 2 aromatic rings. The molecule has 166 valence electrons. The van der Waals surface area contributed by atoms with Crippen molar-refractivity contribution in [3.05, 3.63) is 47.0 Å². The molecule has 4 N–H and O–H groups in total. The van der Waals surface area contributed by atoms with Crippen LogP contribution < -0.4 is 15.2 Å². The quantitative estimate of drug-likeness (QED) is 0.588. The number of hydrogen-bond acceptors (Lipinski definition) is 5. The summed E-state index contributed by atoms with van der Waals surface area (Å²) in [4.78, 5) is 0.0109. The summed E-state index contributed by atoms with van der Waals surface area (Å²) in [6.45, 7) is 12.3. The lowest BCUT2D eigenvalue weighted by molar-refractivity contribution is 0.585. The first kappa shape index (κ1) is 24.2. The van der Waals surface area contributed by atoms with Gasteiger partial charge in [-0.3, -0.25) is 4.72 Å². The molecule has 0 aromatic heterocycles. The van der Waals surface area contributed by atoms with Gasteiger partial charge >= 0.3 is 0 Å². The smallest absolute Gasteiger partial charge is 0.262 e. The van der Waals surface area contributed by atoms with Crippen LogP contribution in [0, 0.1) is 13.8 Å². The summed E-state index contributed by atoms with van der Waals surface area (Å²) >= 11 is 0. The third kappa shape index (κ3) is 5.53. The number of anilines is 2. The van der Waals surface area contributed by atoms with Gasteiger partial charge in [-0.1, -0.05) is 39.8 Å². The van der Waals surface area contributed by atoms with Gasteiger partial charge in [0, 0.05) is 6.54 Å². The lowest BCUT2D eigenvalue weighted by Gasteiger charge is -2.23. The molecular weight excluding hydrogens is 422 g/mol. The van der Waals surface area contributed by atoms with E-state index in [4.69, 9.17) is 5.14 Å². The van der Waals surface area contributed by atoms with Crippen LogP contribution in [0.2, 0.25) is 0 Å². The normalized spacial score (nSPS) is 12.6. The van der Waals surface area contributed by atoms with Crippen LogP contribution in [0.25, 0.3) is 0 Å². The van der Waals surface area contributed by atoms with Gasteiger partial charge in [-0.2, -0.15) is 0 Å². The van der Waals surface area contributed by atoms with E-state index in [-0.39, 0.29) is 20.9 Å². The second-order valence-electron chi connectivity index (χ2n) is 8.47. The fourth-order valence-electron chi connectivity index (χ4n) is 3.20. The number of primary sulfonamides is 1.